The second kappa shape index (κ2) is 6.08. The van der Waals surface area contributed by atoms with Crippen LogP contribution < -0.4 is 0 Å². The number of allylic oxidation sites excluding steroid dienone is 4. The molecule has 0 aromatic carbocycles. The summed E-state index contributed by atoms with van der Waals surface area (Å²) in [6, 6.07) is 0. The van der Waals surface area contributed by atoms with Crippen LogP contribution in [-0.4, -0.2) is 33.9 Å². The summed E-state index contributed by atoms with van der Waals surface area (Å²) in [6.45, 7) is 4.22. The first-order valence-electron chi connectivity index (χ1n) is 5.09. The summed E-state index contributed by atoms with van der Waals surface area (Å²) in [5.41, 5.74) is -0.856. The lowest BCUT2D eigenvalue weighted by molar-refractivity contribution is -0.0883. The molecule has 0 saturated heterocycles. The minimum Gasteiger partial charge on any atom is -0.241 e. The van der Waals surface area contributed by atoms with Crippen LogP contribution in [0.25, 0.3) is 0 Å². The smallest absolute Gasteiger partial charge is 0.241 e. The maximum absolute atomic E-state index is 12.5. The van der Waals surface area contributed by atoms with E-state index in [2.05, 4.69) is 11.0 Å². The summed E-state index contributed by atoms with van der Waals surface area (Å²) in [5, 5.41) is 3.74. The van der Waals surface area contributed by atoms with E-state index in [1.165, 1.54) is 27.1 Å². The van der Waals surface area contributed by atoms with Crippen molar-refractivity contribution in [3.63, 3.8) is 0 Å². The molecule has 0 aliphatic heterocycles. The van der Waals surface area contributed by atoms with Gasteiger partial charge in [-0.2, -0.15) is 18.3 Å². The van der Waals surface area contributed by atoms with Gasteiger partial charge in [-0.05, 0) is 32.7 Å². The van der Waals surface area contributed by atoms with Crippen LogP contribution in [0.15, 0.2) is 27.7 Å². The number of rotatable bonds is 4. The van der Waals surface area contributed by atoms with Gasteiger partial charge in [-0.3, -0.25) is 0 Å². The van der Waals surface area contributed by atoms with E-state index in [1.807, 2.05) is 0 Å². The average molecular weight is 282 g/mol. The fraction of sp³-hybridized carbons (Fsp3) is 0.455. The Hall–Kier alpha value is -1.24. The van der Waals surface area contributed by atoms with Gasteiger partial charge in [0.25, 0.3) is 0 Å². The monoisotopic (exact) mass is 282 g/mol. The summed E-state index contributed by atoms with van der Waals surface area (Å²) >= 11 is 0. The average Bonchev–Trinajstić information content (AvgIpc) is 2.23. The van der Waals surface area contributed by atoms with Gasteiger partial charge >= 0.3 is 6.18 Å². The van der Waals surface area contributed by atoms with E-state index in [-0.39, 0.29) is 4.91 Å². The highest BCUT2D eigenvalue weighted by atomic mass is 32.2. The molecule has 0 radical (unpaired) electrons. The van der Waals surface area contributed by atoms with Crippen LogP contribution in [0.4, 0.5) is 13.2 Å². The molecule has 0 aromatic heterocycles. The van der Waals surface area contributed by atoms with E-state index in [0.717, 1.165) is 16.6 Å². The lowest BCUT2D eigenvalue weighted by Gasteiger charge is -2.19. The molecule has 0 amide bonds. The fourth-order valence-electron chi connectivity index (χ4n) is 1.09. The Kier molecular flexibility index (Phi) is 5.66. The Bertz CT molecular complexity index is 473. The predicted octanol–water partition coefficient (Wildman–Crippen LogP) is 2.97. The summed E-state index contributed by atoms with van der Waals surface area (Å²) in [6.07, 6.45) is -1.34. The lowest BCUT2D eigenvalue weighted by atomic mass is 10.2. The van der Waals surface area contributed by atoms with Crippen LogP contribution in [-0.2, 0) is 9.71 Å². The van der Waals surface area contributed by atoms with Crippen molar-refractivity contribution in [1.29, 1.82) is 0 Å². The van der Waals surface area contributed by atoms with Gasteiger partial charge in [0.05, 0.1) is 15.3 Å². The Morgan fingerprint density at radius 2 is 1.89 bits per heavy atom. The highest BCUT2D eigenvalue weighted by Crippen LogP contribution is 2.28. The predicted molar refractivity (Wildman–Crippen MR) is 70.8 cm³/mol. The molecule has 3 nitrogen and oxygen atoms in total. The van der Waals surface area contributed by atoms with E-state index in [9.17, 15) is 17.4 Å². The number of nitrogens with zero attached hydrogens (tertiary/aromatic N) is 2. The maximum atomic E-state index is 12.5. The molecule has 0 saturated carbocycles. The van der Waals surface area contributed by atoms with Gasteiger partial charge in [0.1, 0.15) is 0 Å². The largest absolute Gasteiger partial charge is 0.416 e. The van der Waals surface area contributed by atoms with E-state index in [0.29, 0.717) is 0 Å². The van der Waals surface area contributed by atoms with E-state index in [1.54, 1.807) is 6.92 Å². The molecule has 0 aliphatic rings. The molecular weight excluding hydrogens is 265 g/mol. The zero-order valence-electron chi connectivity index (χ0n) is 10.8. The third kappa shape index (κ3) is 4.21. The quantitative estimate of drug-likeness (QED) is 0.338. The first-order valence-corrected chi connectivity index (χ1v) is 6.77. The molecule has 0 aliphatic carbocycles. The molecule has 1 unspecified atom stereocenters. The zero-order chi connectivity index (χ0) is 14.6. The molecular formula is C11H17F3N2OS. The van der Waals surface area contributed by atoms with Crippen LogP contribution in [0, 0.1) is 0 Å². The summed E-state index contributed by atoms with van der Waals surface area (Å²) in [4.78, 5) is 0.0148. The topological polar surface area (TPSA) is 32.7 Å². The van der Waals surface area contributed by atoms with Crippen molar-refractivity contribution in [3.05, 3.63) is 22.6 Å². The van der Waals surface area contributed by atoms with E-state index < -0.39 is 21.5 Å². The molecule has 7 heteroatoms. The number of alkyl halides is 3. The van der Waals surface area contributed by atoms with Crippen molar-refractivity contribution in [1.82, 2.24) is 4.41 Å². The molecule has 1 atom stereocenters. The van der Waals surface area contributed by atoms with Crippen LogP contribution >= 0.6 is 0 Å². The van der Waals surface area contributed by atoms with Crippen LogP contribution in [0.1, 0.15) is 20.8 Å². The maximum Gasteiger partial charge on any atom is 0.416 e. The Labute approximate surface area is 106 Å². The van der Waals surface area contributed by atoms with Crippen molar-refractivity contribution >= 4 is 21.8 Å². The van der Waals surface area contributed by atoms with Crippen molar-refractivity contribution in [2.24, 2.45) is 5.10 Å². The molecule has 0 fully saturated rings. The van der Waals surface area contributed by atoms with Gasteiger partial charge in [0.2, 0.25) is 0 Å². The molecule has 0 rings (SSSR count). The van der Waals surface area contributed by atoms with Crippen LogP contribution in [0.3, 0.4) is 0 Å². The molecule has 18 heavy (non-hydrogen) atoms. The third-order valence-corrected chi connectivity index (χ3v) is 4.28. The minimum absolute atomic E-state index is 0.0148. The number of hydrogen-bond acceptors (Lipinski definition) is 2. The second-order valence-corrected chi connectivity index (χ2v) is 5.93. The SMILES string of the molecule is C=S(=O)(C(C)=CC(=CC)C(F)(F)F)N(C)N=CC. The Balaban J connectivity index is 5.47. The Morgan fingerprint density at radius 3 is 2.22 bits per heavy atom. The molecule has 0 heterocycles. The number of hydrazone groups is 1. The van der Waals surface area contributed by atoms with E-state index in [4.69, 9.17) is 0 Å². The lowest BCUT2D eigenvalue weighted by Crippen LogP contribution is -2.22. The van der Waals surface area contributed by atoms with Gasteiger partial charge in [-0.15, -0.1) is 0 Å². The molecule has 0 N–H and O–H groups in total. The van der Waals surface area contributed by atoms with Crippen LogP contribution in [0.2, 0.25) is 0 Å². The van der Waals surface area contributed by atoms with Gasteiger partial charge in [0.15, 0.2) is 0 Å². The van der Waals surface area contributed by atoms with Gasteiger partial charge < -0.3 is 0 Å². The van der Waals surface area contributed by atoms with Gasteiger partial charge in [-0.1, -0.05) is 6.08 Å². The highest BCUT2D eigenvalue weighted by molar-refractivity contribution is 8.01. The summed E-state index contributed by atoms with van der Waals surface area (Å²) in [5.74, 6) is 3.43. The summed E-state index contributed by atoms with van der Waals surface area (Å²) < 4.78 is 50.9. The normalized spacial score (nSPS) is 17.9. The number of halogens is 3. The summed E-state index contributed by atoms with van der Waals surface area (Å²) in [7, 11) is -1.61. The Morgan fingerprint density at radius 1 is 1.39 bits per heavy atom. The van der Waals surface area contributed by atoms with Gasteiger partial charge in [-0.25, -0.2) is 8.62 Å². The fourth-order valence-corrected chi connectivity index (χ4v) is 2.06. The first kappa shape index (κ1) is 16.8. The van der Waals surface area contributed by atoms with Gasteiger partial charge in [0, 0.05) is 18.2 Å². The van der Waals surface area contributed by atoms with Crippen LogP contribution in [0.5, 0.6) is 0 Å². The van der Waals surface area contributed by atoms with Crippen molar-refractivity contribution in [2.45, 2.75) is 26.9 Å². The standard InChI is InChI=1S/C11H17F3N2OS/c1-6-10(11(12,13)14)8-9(3)18(5,17)16(4)15-7-2/h6-8H,5H2,1-4H3. The first-order chi connectivity index (χ1) is 8.07. The van der Waals surface area contributed by atoms with Crippen molar-refractivity contribution < 1.29 is 17.4 Å². The van der Waals surface area contributed by atoms with Crippen molar-refractivity contribution in [3.8, 4) is 0 Å². The number of hydrogen-bond donors (Lipinski definition) is 0. The second-order valence-electron chi connectivity index (χ2n) is 3.48. The van der Waals surface area contributed by atoms with E-state index >= 15 is 0 Å². The molecule has 0 bridgehead atoms. The highest BCUT2D eigenvalue weighted by Gasteiger charge is 2.32. The minimum atomic E-state index is -4.47. The zero-order valence-corrected chi connectivity index (χ0v) is 11.6. The third-order valence-electron chi connectivity index (χ3n) is 2.21. The molecule has 104 valence electrons. The van der Waals surface area contributed by atoms with Crippen molar-refractivity contribution in [2.75, 3.05) is 7.05 Å². The molecule has 0 aromatic rings. The molecule has 0 spiro atoms.